The van der Waals surface area contributed by atoms with E-state index in [4.69, 9.17) is 4.74 Å². The van der Waals surface area contributed by atoms with E-state index in [9.17, 15) is 4.79 Å². The quantitative estimate of drug-likeness (QED) is 0.808. The number of carbonyl (C=O) groups excluding carboxylic acids is 1. The maximum Gasteiger partial charge on any atom is 0.264 e. The van der Waals surface area contributed by atoms with Crippen molar-refractivity contribution in [3.8, 4) is 0 Å². The lowest BCUT2D eigenvalue weighted by molar-refractivity contribution is -0.0585. The number of nitrogens with zero attached hydrogens (tertiary/aromatic N) is 2. The highest BCUT2D eigenvalue weighted by atomic mass is 32.1. The van der Waals surface area contributed by atoms with Gasteiger partial charge in [-0.2, -0.15) is 0 Å². The summed E-state index contributed by atoms with van der Waals surface area (Å²) in [5.74, 6) is 0.111. The first kappa shape index (κ1) is 15.4. The Hall–Kier alpha value is -1.46. The zero-order chi connectivity index (χ0) is 16.0. The summed E-state index contributed by atoms with van der Waals surface area (Å²) in [7, 11) is 0. The smallest absolute Gasteiger partial charge is 0.264 e. The van der Waals surface area contributed by atoms with E-state index in [1.54, 1.807) is 0 Å². The van der Waals surface area contributed by atoms with Crippen LogP contribution in [0.3, 0.4) is 0 Å². The number of amides is 1. The average molecular weight is 318 g/mol. The molecular weight excluding hydrogens is 296 g/mol. The molecular formula is C17H22N2O2S. The Morgan fingerprint density at radius 3 is 2.55 bits per heavy atom. The van der Waals surface area contributed by atoms with Gasteiger partial charge >= 0.3 is 0 Å². The molecule has 1 fully saturated rings. The van der Waals surface area contributed by atoms with E-state index >= 15 is 0 Å². The molecule has 0 aliphatic carbocycles. The Balaban J connectivity index is 2.01. The average Bonchev–Trinajstić information content (AvgIpc) is 2.73. The Bertz CT molecular complexity index is 728. The summed E-state index contributed by atoms with van der Waals surface area (Å²) in [5.41, 5.74) is 3.25. The largest absolute Gasteiger partial charge is 0.372 e. The van der Waals surface area contributed by atoms with Crippen LogP contribution in [0, 0.1) is 20.8 Å². The second kappa shape index (κ2) is 5.63. The standard InChI is InChI=1S/C17H22N2O2S/c1-9-6-10(2)18-16-14(9)13(5)15(22-16)17(20)19-7-11(3)21-12(4)8-19/h6,11-12H,7-8H2,1-5H3/t11-,12-/m1/s1. The van der Waals surface area contributed by atoms with Crippen LogP contribution in [-0.4, -0.2) is 41.1 Å². The third kappa shape index (κ3) is 2.63. The number of hydrogen-bond donors (Lipinski definition) is 0. The minimum Gasteiger partial charge on any atom is -0.372 e. The van der Waals surface area contributed by atoms with E-state index in [1.807, 2.05) is 32.6 Å². The van der Waals surface area contributed by atoms with Gasteiger partial charge in [-0.15, -0.1) is 11.3 Å². The van der Waals surface area contributed by atoms with E-state index in [0.29, 0.717) is 13.1 Å². The Labute approximate surface area is 135 Å². The number of ether oxygens (including phenoxy) is 1. The minimum atomic E-state index is 0.0875. The summed E-state index contributed by atoms with van der Waals surface area (Å²) >= 11 is 1.51. The van der Waals surface area contributed by atoms with Crippen LogP contribution in [0.1, 0.15) is 40.3 Å². The molecule has 118 valence electrons. The van der Waals surface area contributed by atoms with Crippen molar-refractivity contribution in [3.05, 3.63) is 27.8 Å². The number of aromatic nitrogens is 1. The summed E-state index contributed by atoms with van der Waals surface area (Å²) in [5, 5.41) is 1.13. The van der Waals surface area contributed by atoms with Gasteiger partial charge in [0.15, 0.2) is 0 Å². The van der Waals surface area contributed by atoms with Crippen molar-refractivity contribution in [2.75, 3.05) is 13.1 Å². The molecule has 3 heterocycles. The summed E-state index contributed by atoms with van der Waals surface area (Å²) in [4.78, 5) is 21.2. The van der Waals surface area contributed by atoms with Gasteiger partial charge in [0, 0.05) is 24.2 Å². The summed E-state index contributed by atoms with van der Waals surface area (Å²) in [6.45, 7) is 11.5. The second-order valence-electron chi connectivity index (χ2n) is 6.28. The minimum absolute atomic E-state index is 0.0875. The second-order valence-corrected chi connectivity index (χ2v) is 7.28. The van der Waals surface area contributed by atoms with Crippen LogP contribution in [-0.2, 0) is 4.74 Å². The fourth-order valence-corrected chi connectivity index (χ4v) is 4.58. The molecule has 0 aromatic carbocycles. The van der Waals surface area contributed by atoms with Crippen LogP contribution < -0.4 is 0 Å². The molecule has 0 unspecified atom stereocenters. The van der Waals surface area contributed by atoms with Crippen LogP contribution in [0.25, 0.3) is 10.2 Å². The third-order valence-corrected chi connectivity index (χ3v) is 5.30. The molecule has 0 N–H and O–H groups in total. The molecule has 4 nitrogen and oxygen atoms in total. The summed E-state index contributed by atoms with van der Waals surface area (Å²) in [6.07, 6.45) is 0.175. The number of carbonyl (C=O) groups is 1. The fourth-order valence-electron chi connectivity index (χ4n) is 3.31. The summed E-state index contributed by atoms with van der Waals surface area (Å²) < 4.78 is 5.72. The maximum atomic E-state index is 12.9. The van der Waals surface area contributed by atoms with Crippen molar-refractivity contribution in [2.24, 2.45) is 0 Å². The molecule has 3 rings (SSSR count). The highest BCUT2D eigenvalue weighted by Crippen LogP contribution is 2.33. The predicted octanol–water partition coefficient (Wildman–Crippen LogP) is 3.47. The number of thiophene rings is 1. The van der Waals surface area contributed by atoms with Gasteiger partial charge in [-0.1, -0.05) is 0 Å². The van der Waals surface area contributed by atoms with Crippen LogP contribution >= 0.6 is 11.3 Å². The van der Waals surface area contributed by atoms with Crippen molar-refractivity contribution < 1.29 is 9.53 Å². The molecule has 0 radical (unpaired) electrons. The number of fused-ring (bicyclic) bond motifs is 1. The molecule has 22 heavy (non-hydrogen) atoms. The predicted molar refractivity (Wildman–Crippen MR) is 89.7 cm³/mol. The molecule has 2 aromatic rings. The van der Waals surface area contributed by atoms with Crippen molar-refractivity contribution in [1.82, 2.24) is 9.88 Å². The SMILES string of the molecule is Cc1cc(C)c2c(C)c(C(=O)N3C[C@@H](C)O[C@H](C)C3)sc2n1. The van der Waals surface area contributed by atoms with Gasteiger partial charge in [-0.05, 0) is 51.8 Å². The number of rotatable bonds is 1. The lowest BCUT2D eigenvalue weighted by Crippen LogP contribution is -2.48. The topological polar surface area (TPSA) is 42.4 Å². The van der Waals surface area contributed by atoms with E-state index in [0.717, 1.165) is 26.4 Å². The zero-order valence-electron chi connectivity index (χ0n) is 13.8. The van der Waals surface area contributed by atoms with Crippen molar-refractivity contribution in [1.29, 1.82) is 0 Å². The van der Waals surface area contributed by atoms with E-state index in [-0.39, 0.29) is 18.1 Å². The molecule has 0 bridgehead atoms. The van der Waals surface area contributed by atoms with Gasteiger partial charge in [0.1, 0.15) is 4.83 Å². The van der Waals surface area contributed by atoms with E-state index in [1.165, 1.54) is 16.9 Å². The van der Waals surface area contributed by atoms with Gasteiger partial charge in [0.2, 0.25) is 0 Å². The van der Waals surface area contributed by atoms with Gasteiger partial charge < -0.3 is 9.64 Å². The Morgan fingerprint density at radius 1 is 1.27 bits per heavy atom. The molecule has 1 saturated heterocycles. The van der Waals surface area contributed by atoms with Crippen molar-refractivity contribution >= 4 is 27.5 Å². The molecule has 1 aliphatic rings. The first-order valence-corrected chi connectivity index (χ1v) is 8.50. The van der Waals surface area contributed by atoms with Gasteiger partial charge in [-0.25, -0.2) is 4.98 Å². The van der Waals surface area contributed by atoms with Gasteiger partial charge in [-0.3, -0.25) is 4.79 Å². The molecule has 1 aliphatic heterocycles. The normalized spacial score (nSPS) is 22.3. The molecule has 0 spiro atoms. The lowest BCUT2D eigenvalue weighted by Gasteiger charge is -2.35. The van der Waals surface area contributed by atoms with E-state index < -0.39 is 0 Å². The van der Waals surface area contributed by atoms with Crippen LogP contribution in [0.15, 0.2) is 6.07 Å². The highest BCUT2D eigenvalue weighted by molar-refractivity contribution is 7.20. The summed E-state index contributed by atoms with van der Waals surface area (Å²) in [6, 6.07) is 2.08. The van der Waals surface area contributed by atoms with Crippen LogP contribution in [0.4, 0.5) is 0 Å². The molecule has 2 atom stereocenters. The maximum absolute atomic E-state index is 12.9. The monoisotopic (exact) mass is 318 g/mol. The molecule has 5 heteroatoms. The van der Waals surface area contributed by atoms with Gasteiger partial charge in [0.25, 0.3) is 5.91 Å². The van der Waals surface area contributed by atoms with Crippen molar-refractivity contribution in [3.63, 3.8) is 0 Å². The van der Waals surface area contributed by atoms with Crippen LogP contribution in [0.2, 0.25) is 0 Å². The molecule has 2 aromatic heterocycles. The lowest BCUT2D eigenvalue weighted by atomic mass is 10.1. The number of hydrogen-bond acceptors (Lipinski definition) is 4. The first-order chi connectivity index (χ1) is 10.4. The number of pyridine rings is 1. The third-order valence-electron chi connectivity index (χ3n) is 4.13. The molecule has 0 saturated carbocycles. The van der Waals surface area contributed by atoms with Gasteiger partial charge in [0.05, 0.1) is 17.1 Å². The zero-order valence-corrected chi connectivity index (χ0v) is 14.6. The highest BCUT2D eigenvalue weighted by Gasteiger charge is 2.29. The number of aryl methyl sites for hydroxylation is 3. The fraction of sp³-hybridized carbons (Fsp3) is 0.529. The van der Waals surface area contributed by atoms with E-state index in [2.05, 4.69) is 18.0 Å². The van der Waals surface area contributed by atoms with Crippen LogP contribution in [0.5, 0.6) is 0 Å². The molecule has 1 amide bonds. The first-order valence-electron chi connectivity index (χ1n) is 7.69. The Morgan fingerprint density at radius 2 is 1.91 bits per heavy atom. The number of morpholine rings is 1. The van der Waals surface area contributed by atoms with Crippen molar-refractivity contribution in [2.45, 2.75) is 46.8 Å². The Kier molecular flexibility index (Phi) is 3.95.